The van der Waals surface area contributed by atoms with E-state index in [0.29, 0.717) is 64.9 Å². The van der Waals surface area contributed by atoms with Crippen LogP contribution in [0.2, 0.25) is 20.1 Å². The van der Waals surface area contributed by atoms with Crippen molar-refractivity contribution >= 4 is 93.4 Å². The van der Waals surface area contributed by atoms with Gasteiger partial charge in [-0.1, -0.05) is 133 Å². The van der Waals surface area contributed by atoms with E-state index >= 15 is 0 Å². The number of thioether (sulfide) groups is 1. The number of hydrogen-bond donors (Lipinski definition) is 0. The predicted octanol–water partition coefficient (Wildman–Crippen LogP) is 13.7. The third-order valence-corrected chi connectivity index (χ3v) is 17.3. The van der Waals surface area contributed by atoms with Crippen molar-refractivity contribution in [1.29, 1.82) is 0 Å². The summed E-state index contributed by atoms with van der Waals surface area (Å²) in [6.45, 7) is 3.56. The van der Waals surface area contributed by atoms with E-state index in [4.69, 9.17) is 74.9 Å². The van der Waals surface area contributed by atoms with Gasteiger partial charge in [0.05, 0.1) is 36.9 Å². The summed E-state index contributed by atoms with van der Waals surface area (Å²) in [6, 6.07) is 35.6. The molecule has 6 aromatic carbocycles. The molecule has 0 bridgehead atoms. The van der Waals surface area contributed by atoms with E-state index in [0.717, 1.165) is 72.3 Å². The Morgan fingerprint density at radius 3 is 2.32 bits per heavy atom. The van der Waals surface area contributed by atoms with Gasteiger partial charge in [-0.05, 0) is 83.5 Å². The van der Waals surface area contributed by atoms with Gasteiger partial charge in [-0.3, -0.25) is 9.59 Å². The second-order valence-electron chi connectivity index (χ2n) is 18.7. The first-order valence-electron chi connectivity index (χ1n) is 24.4. The molecule has 1 amide bonds. The molecule has 0 N–H and O–H groups in total. The largest absolute Gasteiger partial charge is 0.489 e. The molecule has 11 rings (SSSR count). The number of aryl methyl sites for hydroxylation is 1. The molecule has 0 aromatic heterocycles. The molecule has 16 heteroatoms. The van der Waals surface area contributed by atoms with E-state index in [1.165, 1.54) is 5.56 Å². The van der Waals surface area contributed by atoms with Crippen LogP contribution in [0.3, 0.4) is 0 Å². The molecule has 6 aromatic rings. The molecule has 5 aliphatic rings. The number of halogens is 4. The molecule has 0 radical (unpaired) electrons. The number of fused-ring (bicyclic) bond motifs is 8. The van der Waals surface area contributed by atoms with E-state index in [-0.39, 0.29) is 67.8 Å². The van der Waals surface area contributed by atoms with Crippen LogP contribution >= 0.6 is 58.2 Å². The lowest BCUT2D eigenvalue weighted by Gasteiger charge is -2.47. The van der Waals surface area contributed by atoms with Crippen LogP contribution in [0.15, 0.2) is 121 Å². The zero-order valence-corrected chi connectivity index (χ0v) is 43.9. The van der Waals surface area contributed by atoms with Gasteiger partial charge >= 0.3 is 12.1 Å². The Labute approximate surface area is 452 Å². The molecule has 3 atom stereocenters. The number of carbonyl (C=O) groups is 3. The van der Waals surface area contributed by atoms with Crippen LogP contribution in [-0.4, -0.2) is 53.0 Å². The molecule has 74 heavy (non-hydrogen) atoms. The van der Waals surface area contributed by atoms with Crippen LogP contribution in [0.1, 0.15) is 88.3 Å². The fraction of sp³-hybridized carbons (Fsp3) is 0.276. The van der Waals surface area contributed by atoms with Gasteiger partial charge in [-0.2, -0.15) is 9.59 Å². The first-order chi connectivity index (χ1) is 35.9. The van der Waals surface area contributed by atoms with E-state index in [2.05, 4.69) is 30.0 Å². The summed E-state index contributed by atoms with van der Waals surface area (Å²) in [4.78, 5) is 60.3. The minimum Gasteiger partial charge on any atom is -0.489 e. The molecule has 1 spiro atoms. The molecular weight excluding hydrogens is 1040 g/mol. The average Bonchev–Trinajstić information content (AvgIpc) is 3.99. The molecule has 1 saturated heterocycles. The molecule has 0 aliphatic carbocycles. The van der Waals surface area contributed by atoms with Crippen LogP contribution in [-0.2, 0) is 55.4 Å². The summed E-state index contributed by atoms with van der Waals surface area (Å²) in [5, 5.41) is 0.0155. The van der Waals surface area contributed by atoms with E-state index < -0.39 is 11.6 Å². The molecule has 5 aliphatic heterocycles. The van der Waals surface area contributed by atoms with Crippen LogP contribution < -0.4 is 19.1 Å². The third kappa shape index (κ3) is 9.68. The van der Waals surface area contributed by atoms with Crippen LogP contribution in [0.4, 0.5) is 11.4 Å². The second kappa shape index (κ2) is 21.9. The molecule has 5 heterocycles. The summed E-state index contributed by atoms with van der Waals surface area (Å²) >= 11 is 29.0. The van der Waals surface area contributed by atoms with Crippen molar-refractivity contribution in [3.63, 3.8) is 0 Å². The Hall–Kier alpha value is -6.24. The number of hydrogen-bond acceptors (Lipinski definition) is 11. The van der Waals surface area contributed by atoms with Crippen molar-refractivity contribution < 1.29 is 42.9 Å². The zero-order chi connectivity index (χ0) is 51.7. The number of unbranched alkanes of at least 4 members (excludes halogenated alkanes) is 3. The molecule has 1 unspecified atom stereocenters. The quantitative estimate of drug-likeness (QED) is 0.0302. The number of para-hydroxylation sites is 1. The van der Waals surface area contributed by atoms with Gasteiger partial charge in [0.1, 0.15) is 42.0 Å². The number of β-lactam (4-membered cyclic amide) rings is 1. The Morgan fingerprint density at radius 1 is 0.797 bits per heavy atom. The van der Waals surface area contributed by atoms with Crippen molar-refractivity contribution in [1.82, 2.24) is 4.90 Å². The van der Waals surface area contributed by atoms with E-state index in [9.17, 15) is 14.4 Å². The fourth-order valence-electron chi connectivity index (χ4n) is 10.5. The first kappa shape index (κ1) is 51.3. The Bertz CT molecular complexity index is 3260. The molecule has 378 valence electrons. The summed E-state index contributed by atoms with van der Waals surface area (Å²) < 4.78 is 26.4. The lowest BCUT2D eigenvalue weighted by Crippen LogP contribution is -2.58. The molecule has 11 nitrogen and oxygen atoms in total. The van der Waals surface area contributed by atoms with Crippen molar-refractivity contribution in [3.05, 3.63) is 186 Å². The maximum Gasteiger partial charge on any atom is 0.373 e. The van der Waals surface area contributed by atoms with Crippen molar-refractivity contribution in [2.75, 3.05) is 23.8 Å². The van der Waals surface area contributed by atoms with Crippen LogP contribution in [0, 0.1) is 5.92 Å². The monoisotopic (exact) mass is 1090 g/mol. The lowest BCUT2D eigenvalue weighted by atomic mass is 9.76. The topological polar surface area (TPSA) is 129 Å². The van der Waals surface area contributed by atoms with Gasteiger partial charge in [0.25, 0.3) is 0 Å². The van der Waals surface area contributed by atoms with Gasteiger partial charge in [-0.15, -0.1) is 11.8 Å². The Kier molecular flexibility index (Phi) is 15.2. The standard InChI is InChI=1S/C57H48Cl4N2O7S.CO2/c1-2-3-4-8-14-37-25-43-47(28-45(37)68-30-34-16-19-40(20-17-34)67-31-35-29-63-54(65)41(55(63)71-32-35)27-39(64)24-33-11-6-5-7-12-33)69-46-26-38(62-23-22-36-13-9-10-15-44(36)62)18-21-42(46)57(43)49-48(56(66)70-57)50(58)52(60)53(61)51(49)59;2-1-3/h5-7,9-13,15-21,25-26,28-29,41,55H,2-4,8,14,22-24,27,30-32H2,1H3;/t41-,55-,57?;/m0./s1. The molecular formula is C58H48Cl4N2O9S. The summed E-state index contributed by atoms with van der Waals surface area (Å²) in [5.41, 5.74) is 7.03. The van der Waals surface area contributed by atoms with E-state index in [1.54, 1.807) is 16.7 Å². The number of benzene rings is 6. The third-order valence-electron chi connectivity index (χ3n) is 14.1. The minimum absolute atomic E-state index is 0.0144. The number of amides is 1. The van der Waals surface area contributed by atoms with Crippen molar-refractivity contribution in [3.8, 4) is 23.0 Å². The highest BCUT2D eigenvalue weighted by Gasteiger charge is 2.57. The van der Waals surface area contributed by atoms with Gasteiger partial charge in [0.2, 0.25) is 5.91 Å². The maximum atomic E-state index is 14.2. The maximum absolute atomic E-state index is 14.2. The van der Waals surface area contributed by atoms with Crippen LogP contribution in [0.25, 0.3) is 0 Å². The number of rotatable bonds is 16. The molecule has 1 fully saturated rings. The normalized spacial score (nSPS) is 18.5. The number of esters is 1. The number of Topliss-reactive ketones (excluding diaryl/α,β-unsaturated/α-hetero) is 1. The highest BCUT2D eigenvalue weighted by molar-refractivity contribution is 8.00. The van der Waals surface area contributed by atoms with Gasteiger partial charge in [0.15, 0.2) is 5.60 Å². The van der Waals surface area contributed by atoms with E-state index in [1.807, 2.05) is 97.2 Å². The SMILES string of the molecule is CCCCCCc1cc2c(cc1OCc1ccc(OCC3=CN4C(=O)[C@H](CC(=O)Cc5ccccc5)[C@@H]4SC3)cc1)Oc1cc(N3CCc4ccccc43)ccc1C21OC(=O)c2c(Cl)c(Cl)c(Cl)c(Cl)c21.O=C=O. The number of anilines is 2. The summed E-state index contributed by atoms with van der Waals surface area (Å²) in [5.74, 6) is 2.04. The average molecular weight is 1090 g/mol. The second-order valence-corrected chi connectivity index (χ2v) is 21.3. The minimum atomic E-state index is -1.58. The Balaban J connectivity index is 0.00000204. The smallest absolute Gasteiger partial charge is 0.373 e. The number of carbonyl (C=O) groups excluding carboxylic acids is 5. The predicted molar refractivity (Wildman–Crippen MR) is 285 cm³/mol. The number of ketones is 1. The fourth-order valence-corrected chi connectivity index (χ4v) is 12.8. The van der Waals surface area contributed by atoms with Crippen molar-refractivity contribution in [2.45, 2.75) is 75.9 Å². The first-order valence-corrected chi connectivity index (χ1v) is 27.0. The zero-order valence-electron chi connectivity index (χ0n) is 40.1. The highest BCUT2D eigenvalue weighted by atomic mass is 35.5. The summed E-state index contributed by atoms with van der Waals surface area (Å²) in [6.07, 6.45) is 8.42. The number of nitrogens with zero attached hydrogens (tertiary/aromatic N) is 2. The molecule has 0 saturated carbocycles. The lowest BCUT2D eigenvalue weighted by molar-refractivity contribution is -0.191. The highest BCUT2D eigenvalue weighted by Crippen LogP contribution is 2.62. The van der Waals surface area contributed by atoms with Gasteiger partial charge in [-0.25, -0.2) is 4.79 Å². The van der Waals surface area contributed by atoms with Crippen LogP contribution in [0.5, 0.6) is 23.0 Å². The van der Waals surface area contributed by atoms with Gasteiger partial charge in [0, 0.05) is 71.5 Å². The number of ether oxygens (including phenoxy) is 4. The summed E-state index contributed by atoms with van der Waals surface area (Å²) in [7, 11) is 0. The Morgan fingerprint density at radius 2 is 1.54 bits per heavy atom. The van der Waals surface area contributed by atoms with Crippen molar-refractivity contribution in [2.24, 2.45) is 5.92 Å². The van der Waals surface area contributed by atoms with Gasteiger partial charge < -0.3 is 28.7 Å².